The molecule has 1 N–H and O–H groups in total. The standard InChI is InChI=1S/C27H23ClN4O3S.ClH/c28-21-6-3-7-23-24(21)30-27(36-23)32-14-12-31(13-15-32)11-10-29-25(33)20-16-19-18-5-2-1-4-17(18)8-9-22(19)35-26(20)34;/h1-9,16H,10-15H2,(H,29,33);1H. The molecule has 1 aliphatic heterocycles. The summed E-state index contributed by atoms with van der Waals surface area (Å²) < 4.78 is 6.55. The maximum Gasteiger partial charge on any atom is 0.349 e. The normalized spacial score (nSPS) is 14.2. The average Bonchev–Trinajstić information content (AvgIpc) is 3.34. The Morgan fingerprint density at radius 3 is 2.65 bits per heavy atom. The number of halogens is 2. The smallest absolute Gasteiger partial charge is 0.349 e. The van der Waals surface area contributed by atoms with Crippen LogP contribution in [0.25, 0.3) is 32.0 Å². The number of para-hydroxylation sites is 1. The third-order valence-corrected chi connectivity index (χ3v) is 7.99. The number of fused-ring (bicyclic) bond motifs is 4. The van der Waals surface area contributed by atoms with Crippen LogP contribution in [-0.2, 0) is 0 Å². The van der Waals surface area contributed by atoms with Gasteiger partial charge in [0, 0.05) is 44.7 Å². The SMILES string of the molecule is Cl.O=C(NCCN1CCN(c2nc3c(Cl)cccc3s2)CC1)c1cc2c(ccc3ccccc32)oc1=O. The van der Waals surface area contributed by atoms with Crippen molar-refractivity contribution in [2.45, 2.75) is 0 Å². The lowest BCUT2D eigenvalue weighted by Crippen LogP contribution is -2.48. The first-order chi connectivity index (χ1) is 17.6. The van der Waals surface area contributed by atoms with Crippen molar-refractivity contribution in [3.05, 3.63) is 81.7 Å². The molecule has 10 heteroatoms. The quantitative estimate of drug-likeness (QED) is 0.238. The molecular weight excluding hydrogens is 531 g/mol. The molecule has 2 aromatic heterocycles. The van der Waals surface area contributed by atoms with Crippen LogP contribution >= 0.6 is 35.3 Å². The highest BCUT2D eigenvalue weighted by Gasteiger charge is 2.21. The summed E-state index contributed by atoms with van der Waals surface area (Å²) in [6.45, 7) is 4.59. The van der Waals surface area contributed by atoms with Crippen molar-refractivity contribution >= 4 is 78.3 Å². The highest BCUT2D eigenvalue weighted by atomic mass is 35.5. The van der Waals surface area contributed by atoms with E-state index in [-0.39, 0.29) is 18.0 Å². The summed E-state index contributed by atoms with van der Waals surface area (Å²) in [6, 6.07) is 19.0. The van der Waals surface area contributed by atoms with Crippen LogP contribution in [-0.4, -0.2) is 55.1 Å². The molecule has 0 unspecified atom stereocenters. The van der Waals surface area contributed by atoms with Gasteiger partial charge < -0.3 is 14.6 Å². The molecule has 1 fully saturated rings. The first-order valence-electron chi connectivity index (χ1n) is 11.8. The molecule has 1 saturated heterocycles. The van der Waals surface area contributed by atoms with Crippen molar-refractivity contribution in [1.82, 2.24) is 15.2 Å². The Morgan fingerprint density at radius 2 is 1.84 bits per heavy atom. The van der Waals surface area contributed by atoms with Crippen molar-refractivity contribution in [1.29, 1.82) is 0 Å². The molecule has 1 amide bonds. The molecule has 37 heavy (non-hydrogen) atoms. The van der Waals surface area contributed by atoms with Crippen LogP contribution < -0.4 is 15.8 Å². The second-order valence-corrected chi connectivity index (χ2v) is 10.2. The monoisotopic (exact) mass is 554 g/mol. The molecule has 3 aromatic carbocycles. The van der Waals surface area contributed by atoms with E-state index >= 15 is 0 Å². The fourth-order valence-electron chi connectivity index (χ4n) is 4.65. The van der Waals surface area contributed by atoms with Crippen molar-refractivity contribution in [2.24, 2.45) is 0 Å². The zero-order chi connectivity index (χ0) is 24.6. The van der Waals surface area contributed by atoms with Gasteiger partial charge >= 0.3 is 5.63 Å². The number of benzene rings is 3. The van der Waals surface area contributed by atoms with Gasteiger partial charge in [0.15, 0.2) is 5.13 Å². The van der Waals surface area contributed by atoms with Gasteiger partial charge in [-0.3, -0.25) is 9.69 Å². The maximum atomic E-state index is 12.8. The molecule has 0 atom stereocenters. The maximum absolute atomic E-state index is 12.8. The van der Waals surface area contributed by atoms with E-state index in [1.807, 2.05) is 48.5 Å². The van der Waals surface area contributed by atoms with Crippen LogP contribution in [0, 0.1) is 0 Å². The molecule has 5 aromatic rings. The number of aromatic nitrogens is 1. The number of thiazole rings is 1. The van der Waals surface area contributed by atoms with Gasteiger partial charge in [-0.25, -0.2) is 9.78 Å². The van der Waals surface area contributed by atoms with Crippen molar-refractivity contribution in [3.63, 3.8) is 0 Å². The molecule has 0 saturated carbocycles. The van der Waals surface area contributed by atoms with Crippen molar-refractivity contribution in [3.8, 4) is 0 Å². The Balaban J connectivity index is 0.00000280. The molecule has 0 spiro atoms. The van der Waals surface area contributed by atoms with E-state index in [1.165, 1.54) is 0 Å². The summed E-state index contributed by atoms with van der Waals surface area (Å²) in [4.78, 5) is 34.6. The zero-order valence-corrected chi connectivity index (χ0v) is 22.2. The van der Waals surface area contributed by atoms with E-state index in [2.05, 4.69) is 15.1 Å². The largest absolute Gasteiger partial charge is 0.422 e. The molecule has 1 aliphatic rings. The number of hydrogen-bond acceptors (Lipinski definition) is 7. The zero-order valence-electron chi connectivity index (χ0n) is 19.8. The van der Waals surface area contributed by atoms with Crippen LogP contribution in [0.5, 0.6) is 0 Å². The third kappa shape index (κ3) is 5.02. The molecule has 0 bridgehead atoms. The van der Waals surface area contributed by atoms with Crippen LogP contribution in [0.2, 0.25) is 5.02 Å². The van der Waals surface area contributed by atoms with Crippen LogP contribution in [0.15, 0.2) is 69.9 Å². The van der Waals surface area contributed by atoms with Gasteiger partial charge in [-0.2, -0.15) is 0 Å². The number of amides is 1. The lowest BCUT2D eigenvalue weighted by Gasteiger charge is -2.34. The first kappa shape index (κ1) is 25.5. The number of anilines is 1. The van der Waals surface area contributed by atoms with E-state index in [4.69, 9.17) is 21.0 Å². The second-order valence-electron chi connectivity index (χ2n) is 8.81. The summed E-state index contributed by atoms with van der Waals surface area (Å²) in [5, 5.41) is 7.28. The van der Waals surface area contributed by atoms with E-state index < -0.39 is 11.5 Å². The van der Waals surface area contributed by atoms with Gasteiger partial charge in [-0.05, 0) is 35.0 Å². The van der Waals surface area contributed by atoms with Crippen LogP contribution in [0.1, 0.15) is 10.4 Å². The Labute approximate surface area is 228 Å². The summed E-state index contributed by atoms with van der Waals surface area (Å²) in [7, 11) is 0. The van der Waals surface area contributed by atoms with Crippen molar-refractivity contribution in [2.75, 3.05) is 44.2 Å². The summed E-state index contributed by atoms with van der Waals surface area (Å²) in [5.74, 6) is -0.413. The predicted molar refractivity (Wildman–Crippen MR) is 153 cm³/mol. The highest BCUT2D eigenvalue weighted by Crippen LogP contribution is 2.33. The molecule has 0 aliphatic carbocycles. The average molecular weight is 555 g/mol. The predicted octanol–water partition coefficient (Wildman–Crippen LogP) is 5.18. The molecule has 0 radical (unpaired) electrons. The number of hydrogen-bond donors (Lipinski definition) is 1. The number of nitrogens with zero attached hydrogens (tertiary/aromatic N) is 3. The fourth-order valence-corrected chi connectivity index (χ4v) is 5.97. The molecule has 7 nitrogen and oxygen atoms in total. The van der Waals surface area contributed by atoms with Crippen LogP contribution in [0.3, 0.4) is 0 Å². The minimum Gasteiger partial charge on any atom is -0.422 e. The second kappa shape index (κ2) is 10.7. The third-order valence-electron chi connectivity index (χ3n) is 6.60. The van der Waals surface area contributed by atoms with E-state index in [0.29, 0.717) is 23.7 Å². The Bertz CT molecular complexity index is 1660. The Morgan fingerprint density at radius 1 is 1.03 bits per heavy atom. The number of carbonyl (C=O) groups excluding carboxylic acids is 1. The number of nitrogens with one attached hydrogen (secondary N) is 1. The molecular formula is C27H24Cl2N4O3S. The minimum atomic E-state index is -0.625. The van der Waals surface area contributed by atoms with E-state index in [9.17, 15) is 9.59 Å². The van der Waals surface area contributed by atoms with Gasteiger partial charge in [0.25, 0.3) is 5.91 Å². The molecule has 190 valence electrons. The lowest BCUT2D eigenvalue weighted by atomic mass is 10.0. The number of rotatable bonds is 5. The van der Waals surface area contributed by atoms with Gasteiger partial charge in [-0.15, -0.1) is 12.4 Å². The van der Waals surface area contributed by atoms with Gasteiger partial charge in [0.2, 0.25) is 0 Å². The first-order valence-corrected chi connectivity index (χ1v) is 13.0. The topological polar surface area (TPSA) is 78.7 Å². The van der Waals surface area contributed by atoms with Crippen molar-refractivity contribution < 1.29 is 9.21 Å². The summed E-state index contributed by atoms with van der Waals surface area (Å²) in [5.41, 5.74) is 0.733. The summed E-state index contributed by atoms with van der Waals surface area (Å²) >= 11 is 7.94. The van der Waals surface area contributed by atoms with Crippen LogP contribution in [0.4, 0.5) is 5.13 Å². The summed E-state index contributed by atoms with van der Waals surface area (Å²) in [6.07, 6.45) is 0. The number of piperazine rings is 1. The minimum absolute atomic E-state index is 0. The number of carbonyl (C=O) groups is 1. The Hall–Kier alpha value is -3.17. The lowest BCUT2D eigenvalue weighted by molar-refractivity contribution is 0.0944. The van der Waals surface area contributed by atoms with Gasteiger partial charge in [-0.1, -0.05) is 59.3 Å². The van der Waals surface area contributed by atoms with Gasteiger partial charge in [0.05, 0.1) is 9.72 Å². The fraction of sp³-hybridized carbons (Fsp3) is 0.222. The molecule has 3 heterocycles. The molecule has 6 rings (SSSR count). The highest BCUT2D eigenvalue weighted by molar-refractivity contribution is 7.22. The van der Waals surface area contributed by atoms with E-state index in [0.717, 1.165) is 57.7 Å². The van der Waals surface area contributed by atoms with Gasteiger partial charge in [0.1, 0.15) is 16.7 Å². The van der Waals surface area contributed by atoms with E-state index in [1.54, 1.807) is 23.5 Å². The Kier molecular flexibility index (Phi) is 7.35.